The molecular weight excluding hydrogens is 315 g/mol. The van der Waals surface area contributed by atoms with E-state index >= 15 is 0 Å². The van der Waals surface area contributed by atoms with Crippen LogP contribution in [0.25, 0.3) is 11.3 Å². The lowest BCUT2D eigenvalue weighted by Crippen LogP contribution is -2.05. The van der Waals surface area contributed by atoms with Gasteiger partial charge in [0, 0.05) is 11.8 Å². The minimum absolute atomic E-state index is 0.00987. The number of pyridine rings is 1. The van der Waals surface area contributed by atoms with E-state index in [2.05, 4.69) is 10.1 Å². The number of carbonyl (C=O) groups is 1. The molecule has 0 fully saturated rings. The van der Waals surface area contributed by atoms with Gasteiger partial charge in [-0.1, -0.05) is 5.16 Å². The molecule has 0 aliphatic rings. The molecule has 24 heavy (non-hydrogen) atoms. The van der Waals surface area contributed by atoms with Gasteiger partial charge in [0.1, 0.15) is 29.4 Å². The monoisotopic (exact) mass is 328 g/mol. The molecule has 1 N–H and O–H groups in total. The minimum Gasteiger partial charge on any atom is -0.477 e. The van der Waals surface area contributed by atoms with Crippen molar-refractivity contribution in [1.82, 2.24) is 10.1 Å². The summed E-state index contributed by atoms with van der Waals surface area (Å²) >= 11 is 0. The summed E-state index contributed by atoms with van der Waals surface area (Å²) in [6.45, 7) is 1.74. The van der Waals surface area contributed by atoms with Crippen LogP contribution in [-0.2, 0) is 6.61 Å². The normalized spacial score (nSPS) is 10.6. The van der Waals surface area contributed by atoms with Crippen LogP contribution in [0.4, 0.5) is 4.39 Å². The predicted octanol–water partition coefficient (Wildman–Crippen LogP) is 3.46. The molecule has 0 spiro atoms. The van der Waals surface area contributed by atoms with Crippen LogP contribution in [0, 0.1) is 12.7 Å². The summed E-state index contributed by atoms with van der Waals surface area (Å²) in [5, 5.41) is 13.1. The largest absolute Gasteiger partial charge is 0.477 e. The maximum absolute atomic E-state index is 13.1. The van der Waals surface area contributed by atoms with Crippen molar-refractivity contribution in [1.29, 1.82) is 0 Å². The molecule has 0 aliphatic carbocycles. The van der Waals surface area contributed by atoms with Crippen LogP contribution in [-0.4, -0.2) is 21.2 Å². The van der Waals surface area contributed by atoms with Crippen molar-refractivity contribution in [3.05, 3.63) is 65.3 Å². The van der Waals surface area contributed by atoms with Crippen molar-refractivity contribution in [2.45, 2.75) is 13.5 Å². The molecule has 1 aromatic carbocycles. The molecule has 7 heteroatoms. The van der Waals surface area contributed by atoms with Gasteiger partial charge >= 0.3 is 5.97 Å². The predicted molar refractivity (Wildman–Crippen MR) is 82.2 cm³/mol. The molecule has 122 valence electrons. The maximum Gasteiger partial charge on any atom is 0.341 e. The number of carboxylic acid groups (broad SMARTS) is 1. The zero-order valence-corrected chi connectivity index (χ0v) is 12.7. The van der Waals surface area contributed by atoms with Crippen LogP contribution in [0.3, 0.4) is 0 Å². The summed E-state index contributed by atoms with van der Waals surface area (Å²) in [5.41, 5.74) is 1.80. The van der Waals surface area contributed by atoms with E-state index in [1.54, 1.807) is 19.1 Å². The average molecular weight is 328 g/mol. The Bertz CT molecular complexity index is 875. The summed E-state index contributed by atoms with van der Waals surface area (Å²) in [7, 11) is 0. The van der Waals surface area contributed by atoms with Gasteiger partial charge in [0.05, 0.1) is 5.56 Å². The molecule has 0 atom stereocenters. The number of hydrogen-bond acceptors (Lipinski definition) is 5. The van der Waals surface area contributed by atoms with Crippen molar-refractivity contribution < 1.29 is 23.6 Å². The fourth-order valence-corrected chi connectivity index (χ4v) is 2.20. The first-order valence-corrected chi connectivity index (χ1v) is 7.08. The van der Waals surface area contributed by atoms with Crippen LogP contribution >= 0.6 is 0 Å². The van der Waals surface area contributed by atoms with Gasteiger partial charge in [-0.15, -0.1) is 0 Å². The molecule has 6 nitrogen and oxygen atoms in total. The Labute approximate surface area is 136 Å². The Balaban J connectivity index is 1.88. The van der Waals surface area contributed by atoms with Crippen LogP contribution in [0.1, 0.15) is 21.7 Å². The number of rotatable bonds is 5. The number of benzene rings is 1. The first kappa shape index (κ1) is 15.7. The molecule has 0 aliphatic heterocycles. The highest BCUT2D eigenvalue weighted by atomic mass is 19.1. The SMILES string of the molecule is Cc1onc(-c2ccc(F)cc2)c1COc1ncccc1C(=O)O. The van der Waals surface area contributed by atoms with Crippen molar-refractivity contribution in [3.8, 4) is 17.1 Å². The second-order valence-corrected chi connectivity index (χ2v) is 5.02. The van der Waals surface area contributed by atoms with Crippen molar-refractivity contribution >= 4 is 5.97 Å². The second-order valence-electron chi connectivity index (χ2n) is 5.02. The summed E-state index contributed by atoms with van der Waals surface area (Å²) in [4.78, 5) is 15.1. The molecule has 0 unspecified atom stereocenters. The molecule has 0 saturated heterocycles. The van der Waals surface area contributed by atoms with Gasteiger partial charge in [-0.25, -0.2) is 14.2 Å². The Kier molecular flexibility index (Phi) is 4.24. The lowest BCUT2D eigenvalue weighted by atomic mass is 10.1. The number of ether oxygens (including phenoxy) is 1. The lowest BCUT2D eigenvalue weighted by molar-refractivity contribution is 0.0690. The molecule has 0 amide bonds. The highest BCUT2D eigenvalue weighted by Crippen LogP contribution is 2.27. The van der Waals surface area contributed by atoms with Gasteiger partial charge in [-0.2, -0.15) is 0 Å². The highest BCUT2D eigenvalue weighted by molar-refractivity contribution is 5.90. The number of aromatic carboxylic acids is 1. The summed E-state index contributed by atoms with van der Waals surface area (Å²) < 4.78 is 23.8. The van der Waals surface area contributed by atoms with Crippen LogP contribution < -0.4 is 4.74 Å². The van der Waals surface area contributed by atoms with Gasteiger partial charge in [0.2, 0.25) is 5.88 Å². The summed E-state index contributed by atoms with van der Waals surface area (Å²) in [6, 6.07) is 8.74. The number of halogens is 1. The quantitative estimate of drug-likeness (QED) is 0.772. The van der Waals surface area contributed by atoms with E-state index in [0.717, 1.165) is 0 Å². The molecule has 0 radical (unpaired) electrons. The van der Waals surface area contributed by atoms with E-state index in [-0.39, 0.29) is 23.9 Å². The van der Waals surface area contributed by atoms with Crippen LogP contribution in [0.2, 0.25) is 0 Å². The average Bonchev–Trinajstić information content (AvgIpc) is 2.94. The number of aryl methyl sites for hydroxylation is 1. The van der Waals surface area contributed by atoms with Crippen LogP contribution in [0.15, 0.2) is 47.1 Å². The number of nitrogens with zero attached hydrogens (tertiary/aromatic N) is 2. The first-order valence-electron chi connectivity index (χ1n) is 7.08. The molecular formula is C17H13FN2O4. The topological polar surface area (TPSA) is 85.5 Å². The van der Waals surface area contributed by atoms with E-state index in [0.29, 0.717) is 22.6 Å². The Hall–Kier alpha value is -3.22. The third-order valence-corrected chi connectivity index (χ3v) is 3.46. The van der Waals surface area contributed by atoms with Gasteiger partial charge in [-0.3, -0.25) is 0 Å². The standard InChI is InChI=1S/C17H13FN2O4/c1-10-14(9-23-16-13(17(21)22)3-2-8-19-16)15(20-24-10)11-4-6-12(18)7-5-11/h2-8H,9H2,1H3,(H,21,22). The first-order chi connectivity index (χ1) is 11.6. The highest BCUT2D eigenvalue weighted by Gasteiger charge is 2.18. The summed E-state index contributed by atoms with van der Waals surface area (Å²) in [5.74, 6) is -0.937. The van der Waals surface area contributed by atoms with Gasteiger partial charge < -0.3 is 14.4 Å². The Morgan fingerprint density at radius 2 is 2.04 bits per heavy atom. The van der Waals surface area contributed by atoms with Crippen LogP contribution in [0.5, 0.6) is 5.88 Å². The van der Waals surface area contributed by atoms with Gasteiger partial charge in [0.25, 0.3) is 0 Å². The van der Waals surface area contributed by atoms with Gasteiger partial charge in [0.15, 0.2) is 0 Å². The zero-order valence-electron chi connectivity index (χ0n) is 12.7. The third kappa shape index (κ3) is 3.10. The molecule has 2 heterocycles. The van der Waals surface area contributed by atoms with Crippen molar-refractivity contribution in [3.63, 3.8) is 0 Å². The van der Waals surface area contributed by atoms with E-state index in [1.807, 2.05) is 0 Å². The second kappa shape index (κ2) is 6.49. The zero-order chi connectivity index (χ0) is 17.1. The summed E-state index contributed by atoms with van der Waals surface area (Å²) in [6.07, 6.45) is 1.45. The van der Waals surface area contributed by atoms with E-state index in [9.17, 15) is 9.18 Å². The molecule has 3 rings (SSSR count). The van der Waals surface area contributed by atoms with E-state index in [1.165, 1.54) is 30.5 Å². The smallest absolute Gasteiger partial charge is 0.341 e. The lowest BCUT2D eigenvalue weighted by Gasteiger charge is -2.08. The maximum atomic E-state index is 13.1. The number of carboxylic acids is 1. The number of hydrogen-bond donors (Lipinski definition) is 1. The molecule has 3 aromatic rings. The minimum atomic E-state index is -1.13. The fourth-order valence-electron chi connectivity index (χ4n) is 2.20. The molecule has 0 bridgehead atoms. The number of aromatic nitrogens is 2. The molecule has 2 aromatic heterocycles. The van der Waals surface area contributed by atoms with Crippen molar-refractivity contribution in [2.75, 3.05) is 0 Å². The van der Waals surface area contributed by atoms with E-state index < -0.39 is 5.97 Å². The van der Waals surface area contributed by atoms with Gasteiger partial charge in [-0.05, 0) is 43.3 Å². The molecule has 0 saturated carbocycles. The van der Waals surface area contributed by atoms with E-state index in [4.69, 9.17) is 14.4 Å². The Morgan fingerprint density at radius 1 is 1.29 bits per heavy atom. The fraction of sp³-hybridized carbons (Fsp3) is 0.118. The van der Waals surface area contributed by atoms with Crippen molar-refractivity contribution in [2.24, 2.45) is 0 Å². The third-order valence-electron chi connectivity index (χ3n) is 3.46. The Morgan fingerprint density at radius 3 is 2.75 bits per heavy atom.